The van der Waals surface area contributed by atoms with Crippen LogP contribution in [0.1, 0.15) is 66.7 Å². The van der Waals surface area contributed by atoms with Gasteiger partial charge in [0, 0.05) is 11.8 Å². The summed E-state index contributed by atoms with van der Waals surface area (Å²) in [7, 11) is 0. The highest BCUT2D eigenvalue weighted by molar-refractivity contribution is 5.92. The lowest BCUT2D eigenvalue weighted by Crippen LogP contribution is -2.59. The SMILES string of the molecule is CC(=O)C12OC(C)(C)O[C@@H]1C[C@H]1[C@@H]3C=CC4=CC(=O)CC[C@]4(C)[C@H]3CC[C@@]12C. The summed E-state index contributed by atoms with van der Waals surface area (Å²) < 4.78 is 12.8. The Morgan fingerprint density at radius 1 is 1.14 bits per heavy atom. The van der Waals surface area contributed by atoms with E-state index in [0.29, 0.717) is 24.2 Å². The van der Waals surface area contributed by atoms with E-state index in [1.807, 2.05) is 19.9 Å². The van der Waals surface area contributed by atoms with E-state index in [9.17, 15) is 9.59 Å². The molecule has 4 nitrogen and oxygen atoms in total. The summed E-state index contributed by atoms with van der Waals surface area (Å²) in [6, 6.07) is 0. The number of ether oxygens (including phenoxy) is 2. The van der Waals surface area contributed by atoms with Crippen LogP contribution in [0.25, 0.3) is 0 Å². The Balaban J connectivity index is 1.58. The van der Waals surface area contributed by atoms with Gasteiger partial charge >= 0.3 is 0 Å². The normalized spacial score (nSPS) is 51.0. The molecule has 0 N–H and O–H groups in total. The van der Waals surface area contributed by atoms with Crippen LogP contribution < -0.4 is 0 Å². The van der Waals surface area contributed by atoms with Crippen molar-refractivity contribution >= 4 is 11.6 Å². The van der Waals surface area contributed by atoms with Crippen molar-refractivity contribution in [2.75, 3.05) is 0 Å². The number of carbonyl (C=O) groups is 2. The molecule has 28 heavy (non-hydrogen) atoms. The van der Waals surface area contributed by atoms with Crippen molar-refractivity contribution in [1.82, 2.24) is 0 Å². The quantitative estimate of drug-likeness (QED) is 0.673. The third kappa shape index (κ3) is 2.09. The number of fused-ring (bicyclic) bond motifs is 7. The lowest BCUT2D eigenvalue weighted by Gasteiger charge is -2.57. The Morgan fingerprint density at radius 3 is 2.61 bits per heavy atom. The van der Waals surface area contributed by atoms with Crippen molar-refractivity contribution in [3.05, 3.63) is 23.8 Å². The lowest BCUT2D eigenvalue weighted by atomic mass is 9.48. The van der Waals surface area contributed by atoms with Crippen molar-refractivity contribution in [2.45, 2.75) is 84.2 Å². The van der Waals surface area contributed by atoms with E-state index in [-0.39, 0.29) is 28.5 Å². The molecule has 5 rings (SSSR count). The summed E-state index contributed by atoms with van der Waals surface area (Å²) in [4.78, 5) is 25.0. The summed E-state index contributed by atoms with van der Waals surface area (Å²) in [5, 5.41) is 0. The van der Waals surface area contributed by atoms with Gasteiger partial charge in [-0.1, -0.05) is 26.0 Å². The van der Waals surface area contributed by atoms with E-state index >= 15 is 0 Å². The van der Waals surface area contributed by atoms with Crippen LogP contribution in [-0.2, 0) is 19.1 Å². The number of Topliss-reactive ketones (excluding diaryl/α,β-unsaturated/α-hetero) is 1. The maximum atomic E-state index is 13.0. The highest BCUT2D eigenvalue weighted by atomic mass is 16.8. The second kappa shape index (κ2) is 5.46. The van der Waals surface area contributed by atoms with Gasteiger partial charge in [-0.15, -0.1) is 0 Å². The van der Waals surface area contributed by atoms with Crippen LogP contribution in [-0.4, -0.2) is 29.1 Å². The highest BCUT2D eigenvalue weighted by Gasteiger charge is 2.74. The van der Waals surface area contributed by atoms with Gasteiger partial charge in [-0.25, -0.2) is 0 Å². The van der Waals surface area contributed by atoms with Gasteiger partial charge in [-0.3, -0.25) is 9.59 Å². The van der Waals surface area contributed by atoms with E-state index in [2.05, 4.69) is 26.0 Å². The Kier molecular flexibility index (Phi) is 3.65. The molecule has 1 aliphatic heterocycles. The number of allylic oxidation sites excluding steroid dienone is 4. The maximum Gasteiger partial charge on any atom is 0.164 e. The Bertz CT molecular complexity index is 822. The van der Waals surface area contributed by atoms with Crippen molar-refractivity contribution in [2.24, 2.45) is 28.6 Å². The van der Waals surface area contributed by atoms with E-state index in [0.717, 1.165) is 25.7 Å². The fourth-order valence-electron chi connectivity index (χ4n) is 7.75. The van der Waals surface area contributed by atoms with Crippen molar-refractivity contribution in [3.63, 3.8) is 0 Å². The Hall–Kier alpha value is -1.26. The van der Waals surface area contributed by atoms with Gasteiger partial charge in [0.1, 0.15) is 0 Å². The van der Waals surface area contributed by atoms with Crippen LogP contribution in [0, 0.1) is 28.6 Å². The highest BCUT2D eigenvalue weighted by Crippen LogP contribution is 2.69. The molecular weight excluding hydrogens is 352 g/mol. The monoisotopic (exact) mass is 384 g/mol. The van der Waals surface area contributed by atoms with Gasteiger partial charge in [-0.2, -0.15) is 0 Å². The summed E-state index contributed by atoms with van der Waals surface area (Å²) in [6.07, 6.45) is 10.7. The first-order valence-corrected chi connectivity index (χ1v) is 10.9. The third-order valence-corrected chi connectivity index (χ3v) is 9.03. The molecule has 0 aromatic rings. The van der Waals surface area contributed by atoms with Gasteiger partial charge in [0.15, 0.2) is 23.0 Å². The van der Waals surface area contributed by atoms with Gasteiger partial charge in [0.25, 0.3) is 0 Å². The number of rotatable bonds is 1. The smallest absolute Gasteiger partial charge is 0.164 e. The number of ketones is 2. The molecule has 0 bridgehead atoms. The molecule has 0 spiro atoms. The maximum absolute atomic E-state index is 13.0. The molecule has 0 radical (unpaired) electrons. The first kappa shape index (κ1) is 18.7. The van der Waals surface area contributed by atoms with Gasteiger partial charge < -0.3 is 9.47 Å². The predicted molar refractivity (Wildman–Crippen MR) is 105 cm³/mol. The summed E-state index contributed by atoms with van der Waals surface area (Å²) in [5.74, 6) is 0.947. The molecule has 0 amide bonds. The topological polar surface area (TPSA) is 52.6 Å². The minimum Gasteiger partial charge on any atom is -0.344 e. The van der Waals surface area contributed by atoms with E-state index in [1.165, 1.54) is 5.57 Å². The van der Waals surface area contributed by atoms with Gasteiger partial charge in [-0.05, 0) is 81.3 Å². The molecule has 1 heterocycles. The minimum atomic E-state index is -0.834. The largest absolute Gasteiger partial charge is 0.344 e. The van der Waals surface area contributed by atoms with Crippen LogP contribution in [0.15, 0.2) is 23.8 Å². The molecule has 0 aromatic carbocycles. The summed E-state index contributed by atoms with van der Waals surface area (Å²) in [5.41, 5.74) is 0.225. The molecule has 7 atom stereocenters. The molecule has 1 saturated heterocycles. The van der Waals surface area contributed by atoms with Crippen molar-refractivity contribution < 1.29 is 19.1 Å². The first-order valence-electron chi connectivity index (χ1n) is 10.9. The molecule has 4 aliphatic carbocycles. The molecule has 1 unspecified atom stereocenters. The zero-order valence-corrected chi connectivity index (χ0v) is 17.7. The third-order valence-electron chi connectivity index (χ3n) is 9.03. The second-order valence-electron chi connectivity index (χ2n) is 10.7. The Labute approximate surface area is 167 Å². The average Bonchev–Trinajstić information content (AvgIpc) is 3.02. The summed E-state index contributed by atoms with van der Waals surface area (Å²) >= 11 is 0. The van der Waals surface area contributed by atoms with E-state index in [4.69, 9.17) is 9.47 Å². The first-order chi connectivity index (χ1) is 13.0. The standard InChI is InChI=1S/C24H32O4/c1-14(25)24-20(27-21(2,3)28-24)13-19-17-7-6-15-12-16(26)8-10-22(15,4)18(17)9-11-23(19,24)5/h6-7,12,17-20H,8-11,13H2,1-5H3/t17-,18+,19+,20-,22+,23+,24?/m1/s1. The van der Waals surface area contributed by atoms with Gasteiger partial charge in [0.2, 0.25) is 0 Å². The van der Waals surface area contributed by atoms with Crippen LogP contribution >= 0.6 is 0 Å². The molecule has 152 valence electrons. The van der Waals surface area contributed by atoms with Gasteiger partial charge in [0.05, 0.1) is 6.10 Å². The molecule has 5 aliphatic rings. The average molecular weight is 385 g/mol. The molecular formula is C24H32O4. The fraction of sp³-hybridized carbons (Fsp3) is 0.750. The number of hydrogen-bond acceptors (Lipinski definition) is 4. The van der Waals surface area contributed by atoms with E-state index in [1.54, 1.807) is 6.92 Å². The fourth-order valence-corrected chi connectivity index (χ4v) is 7.75. The molecule has 0 aromatic heterocycles. The summed E-state index contributed by atoms with van der Waals surface area (Å²) in [6.45, 7) is 10.2. The zero-order chi connectivity index (χ0) is 20.1. The molecule has 3 fully saturated rings. The molecule has 2 saturated carbocycles. The van der Waals surface area contributed by atoms with Crippen molar-refractivity contribution in [3.8, 4) is 0 Å². The van der Waals surface area contributed by atoms with Crippen LogP contribution in [0.2, 0.25) is 0 Å². The second-order valence-corrected chi connectivity index (χ2v) is 10.7. The van der Waals surface area contributed by atoms with Crippen LogP contribution in [0.3, 0.4) is 0 Å². The zero-order valence-electron chi connectivity index (χ0n) is 17.7. The van der Waals surface area contributed by atoms with Crippen LogP contribution in [0.4, 0.5) is 0 Å². The Morgan fingerprint density at radius 2 is 1.89 bits per heavy atom. The lowest BCUT2D eigenvalue weighted by molar-refractivity contribution is -0.210. The minimum absolute atomic E-state index is 0.0662. The van der Waals surface area contributed by atoms with E-state index < -0.39 is 11.4 Å². The number of hydrogen-bond donors (Lipinski definition) is 0. The van der Waals surface area contributed by atoms with Crippen LogP contribution in [0.5, 0.6) is 0 Å². The van der Waals surface area contributed by atoms with Crippen molar-refractivity contribution in [1.29, 1.82) is 0 Å². The number of carbonyl (C=O) groups excluding carboxylic acids is 2. The predicted octanol–water partition coefficient (Wildman–Crippen LogP) is 4.38. The molecule has 4 heteroatoms.